The van der Waals surface area contributed by atoms with Crippen LogP contribution in [0.15, 0.2) is 12.7 Å². The standard InChI is InChI=1S/C17H33NO2Si/c1-8-9-10-11-15-16(12-13-18(15)14(2)19)20-21(6,7)17(3,4)5/h8,15-16H,1,9-13H2,2-7H3/t15-,16+/m0/s1. The smallest absolute Gasteiger partial charge is 0.219 e. The molecule has 1 amide bonds. The van der Waals surface area contributed by atoms with E-state index in [0.29, 0.717) is 0 Å². The SMILES string of the molecule is C=CCCC[C@H]1[C@H](O[Si](C)(C)C(C)(C)C)CCN1C(C)=O. The van der Waals surface area contributed by atoms with E-state index in [9.17, 15) is 4.79 Å². The van der Waals surface area contributed by atoms with E-state index in [1.165, 1.54) is 0 Å². The number of likely N-dealkylation sites (tertiary alicyclic amines) is 1. The van der Waals surface area contributed by atoms with Gasteiger partial charge in [-0.15, -0.1) is 6.58 Å². The molecule has 0 unspecified atom stereocenters. The van der Waals surface area contributed by atoms with Gasteiger partial charge in [0, 0.05) is 13.5 Å². The highest BCUT2D eigenvalue weighted by Crippen LogP contribution is 2.39. The number of carbonyl (C=O) groups is 1. The van der Waals surface area contributed by atoms with Crippen LogP contribution < -0.4 is 0 Å². The first kappa shape index (κ1) is 18.4. The Bertz CT molecular complexity index is 373. The third-order valence-corrected chi connectivity index (χ3v) is 9.55. The average Bonchev–Trinajstić information content (AvgIpc) is 2.71. The molecule has 2 atom stereocenters. The molecular formula is C17H33NO2Si. The summed E-state index contributed by atoms with van der Waals surface area (Å²) >= 11 is 0. The summed E-state index contributed by atoms with van der Waals surface area (Å²) in [5, 5.41) is 0.211. The van der Waals surface area contributed by atoms with E-state index in [1.807, 2.05) is 11.0 Å². The molecule has 21 heavy (non-hydrogen) atoms. The minimum absolute atomic E-state index is 0.180. The van der Waals surface area contributed by atoms with Crippen molar-refractivity contribution in [2.24, 2.45) is 0 Å². The molecule has 0 aromatic rings. The van der Waals surface area contributed by atoms with Crippen molar-refractivity contribution < 1.29 is 9.22 Å². The van der Waals surface area contributed by atoms with Crippen molar-refractivity contribution in [1.82, 2.24) is 4.90 Å². The van der Waals surface area contributed by atoms with Crippen molar-refractivity contribution in [2.45, 2.75) is 83.7 Å². The largest absolute Gasteiger partial charge is 0.412 e. The van der Waals surface area contributed by atoms with Crippen LogP contribution in [0, 0.1) is 0 Å². The average molecular weight is 312 g/mol. The molecule has 1 saturated heterocycles. The highest BCUT2D eigenvalue weighted by Gasteiger charge is 2.44. The molecule has 0 radical (unpaired) electrons. The maximum absolute atomic E-state index is 11.9. The molecular weight excluding hydrogens is 278 g/mol. The maximum atomic E-state index is 11.9. The molecule has 0 bridgehead atoms. The number of nitrogens with zero attached hydrogens (tertiary/aromatic N) is 1. The second-order valence-electron chi connectivity index (χ2n) is 7.70. The molecule has 0 spiro atoms. The molecule has 1 fully saturated rings. The Labute approximate surface area is 131 Å². The molecule has 4 heteroatoms. The molecule has 122 valence electrons. The summed E-state index contributed by atoms with van der Waals surface area (Å²) in [5.41, 5.74) is 0. The molecule has 1 rings (SSSR count). The van der Waals surface area contributed by atoms with Gasteiger partial charge in [0.1, 0.15) is 0 Å². The maximum Gasteiger partial charge on any atom is 0.219 e. The zero-order valence-electron chi connectivity index (χ0n) is 14.7. The van der Waals surface area contributed by atoms with Crippen LogP contribution in [0.4, 0.5) is 0 Å². The fourth-order valence-corrected chi connectivity index (χ4v) is 4.11. The molecule has 0 aromatic carbocycles. The number of amides is 1. The van der Waals surface area contributed by atoms with E-state index < -0.39 is 8.32 Å². The van der Waals surface area contributed by atoms with Crippen LogP contribution >= 0.6 is 0 Å². The summed E-state index contributed by atoms with van der Waals surface area (Å²) in [6.07, 6.45) is 6.25. The lowest BCUT2D eigenvalue weighted by Gasteiger charge is -2.40. The lowest BCUT2D eigenvalue weighted by atomic mass is 10.0. The summed E-state index contributed by atoms with van der Waals surface area (Å²) in [6, 6.07) is 0.247. The normalized spacial score (nSPS) is 23.4. The quantitative estimate of drug-likeness (QED) is 0.414. The van der Waals surface area contributed by atoms with E-state index >= 15 is 0 Å². The first-order chi connectivity index (χ1) is 9.60. The lowest BCUT2D eigenvalue weighted by molar-refractivity contribution is -0.130. The summed E-state index contributed by atoms with van der Waals surface area (Å²) in [4.78, 5) is 13.9. The summed E-state index contributed by atoms with van der Waals surface area (Å²) in [7, 11) is -1.78. The van der Waals surface area contributed by atoms with E-state index in [4.69, 9.17) is 4.43 Å². The molecule has 1 heterocycles. The van der Waals surface area contributed by atoms with Gasteiger partial charge in [-0.3, -0.25) is 4.79 Å². The molecule has 0 aliphatic carbocycles. The number of hydrogen-bond acceptors (Lipinski definition) is 2. The summed E-state index contributed by atoms with van der Waals surface area (Å²) in [6.45, 7) is 17.7. The molecule has 0 saturated carbocycles. The zero-order valence-corrected chi connectivity index (χ0v) is 15.7. The number of hydrogen-bond donors (Lipinski definition) is 0. The Morgan fingerprint density at radius 1 is 1.43 bits per heavy atom. The molecule has 1 aliphatic heterocycles. The summed E-state index contributed by atoms with van der Waals surface area (Å²) < 4.78 is 6.61. The van der Waals surface area contributed by atoms with Crippen molar-refractivity contribution in [3.63, 3.8) is 0 Å². The Morgan fingerprint density at radius 3 is 2.52 bits per heavy atom. The summed E-state index contributed by atoms with van der Waals surface area (Å²) in [5.74, 6) is 0.180. The first-order valence-electron chi connectivity index (χ1n) is 8.16. The number of unbranched alkanes of at least 4 members (excludes halogenated alkanes) is 1. The zero-order chi connectivity index (χ0) is 16.3. The third kappa shape index (κ3) is 4.68. The van der Waals surface area contributed by atoms with Gasteiger partial charge in [-0.25, -0.2) is 0 Å². The van der Waals surface area contributed by atoms with Crippen LogP contribution in [-0.2, 0) is 9.22 Å². The Balaban J connectivity index is 2.79. The van der Waals surface area contributed by atoms with Crippen LogP contribution in [0.5, 0.6) is 0 Å². The van der Waals surface area contributed by atoms with E-state index in [2.05, 4.69) is 40.4 Å². The lowest BCUT2D eigenvalue weighted by Crippen LogP contribution is -2.48. The second kappa shape index (κ2) is 7.10. The monoisotopic (exact) mass is 311 g/mol. The number of allylic oxidation sites excluding steroid dienone is 1. The fourth-order valence-electron chi connectivity index (χ4n) is 2.72. The van der Waals surface area contributed by atoms with Gasteiger partial charge in [-0.2, -0.15) is 0 Å². The van der Waals surface area contributed by atoms with Crippen LogP contribution in [0.2, 0.25) is 18.1 Å². The molecule has 0 aromatic heterocycles. The topological polar surface area (TPSA) is 29.5 Å². The highest BCUT2D eigenvalue weighted by atomic mass is 28.4. The molecule has 1 aliphatic rings. The molecule has 0 N–H and O–H groups in total. The predicted octanol–water partition coefficient (Wildman–Crippen LogP) is 4.35. The number of carbonyl (C=O) groups excluding carboxylic acids is 1. The van der Waals surface area contributed by atoms with Gasteiger partial charge in [-0.1, -0.05) is 26.8 Å². The van der Waals surface area contributed by atoms with Gasteiger partial charge in [0.2, 0.25) is 5.91 Å². The van der Waals surface area contributed by atoms with Crippen LogP contribution in [0.1, 0.15) is 53.4 Å². The minimum Gasteiger partial charge on any atom is -0.412 e. The predicted molar refractivity (Wildman–Crippen MR) is 91.9 cm³/mol. The van der Waals surface area contributed by atoms with Crippen LogP contribution in [0.25, 0.3) is 0 Å². The van der Waals surface area contributed by atoms with Crippen LogP contribution in [0.3, 0.4) is 0 Å². The van der Waals surface area contributed by atoms with Gasteiger partial charge in [0.15, 0.2) is 8.32 Å². The van der Waals surface area contributed by atoms with Crippen molar-refractivity contribution in [2.75, 3.05) is 6.54 Å². The Hall–Kier alpha value is -0.613. The molecule has 3 nitrogen and oxygen atoms in total. The van der Waals surface area contributed by atoms with E-state index in [-0.39, 0.29) is 23.1 Å². The van der Waals surface area contributed by atoms with Crippen molar-refractivity contribution in [1.29, 1.82) is 0 Å². The highest BCUT2D eigenvalue weighted by molar-refractivity contribution is 6.74. The van der Waals surface area contributed by atoms with Crippen molar-refractivity contribution in [3.05, 3.63) is 12.7 Å². The first-order valence-corrected chi connectivity index (χ1v) is 11.1. The van der Waals surface area contributed by atoms with E-state index in [1.54, 1.807) is 6.92 Å². The fraction of sp³-hybridized carbons (Fsp3) is 0.824. The Morgan fingerprint density at radius 2 is 2.05 bits per heavy atom. The Kier molecular flexibility index (Phi) is 6.23. The van der Waals surface area contributed by atoms with Gasteiger partial charge < -0.3 is 9.33 Å². The third-order valence-electron chi connectivity index (χ3n) is 5.05. The number of rotatable bonds is 6. The van der Waals surface area contributed by atoms with Crippen molar-refractivity contribution in [3.8, 4) is 0 Å². The van der Waals surface area contributed by atoms with Gasteiger partial charge in [-0.05, 0) is 43.8 Å². The van der Waals surface area contributed by atoms with Crippen LogP contribution in [-0.4, -0.2) is 37.8 Å². The van der Waals surface area contributed by atoms with Gasteiger partial charge in [0.05, 0.1) is 12.1 Å². The minimum atomic E-state index is -1.78. The second-order valence-corrected chi connectivity index (χ2v) is 12.5. The van der Waals surface area contributed by atoms with Crippen molar-refractivity contribution >= 4 is 14.2 Å². The van der Waals surface area contributed by atoms with E-state index in [0.717, 1.165) is 32.2 Å². The van der Waals surface area contributed by atoms with Gasteiger partial charge >= 0.3 is 0 Å². The van der Waals surface area contributed by atoms with Gasteiger partial charge in [0.25, 0.3) is 0 Å².